The first-order chi connectivity index (χ1) is 17.7. The SMILES string of the molecule is Cc1c(C(=O)NNC(=O)c2cccc(Cl)c2)oc2c1/C(=N/NC(=O)c1ccc(Cl)c([N+](=O)[O-])c1)CCC2. The number of furan rings is 1. The van der Waals surface area contributed by atoms with Crippen LogP contribution in [0.1, 0.15) is 61.0 Å². The number of nitrogens with zero attached hydrogens (tertiary/aromatic N) is 2. The molecule has 0 bridgehead atoms. The highest BCUT2D eigenvalue weighted by Gasteiger charge is 2.28. The molecule has 0 unspecified atom stereocenters. The van der Waals surface area contributed by atoms with Crippen LogP contribution in [0.4, 0.5) is 5.69 Å². The fourth-order valence-corrected chi connectivity index (χ4v) is 4.22. The van der Waals surface area contributed by atoms with Gasteiger partial charge in [0.25, 0.3) is 17.5 Å². The predicted molar refractivity (Wildman–Crippen MR) is 135 cm³/mol. The van der Waals surface area contributed by atoms with Crippen LogP contribution in [-0.2, 0) is 6.42 Å². The average molecular weight is 544 g/mol. The molecule has 2 aromatic carbocycles. The molecule has 0 spiro atoms. The van der Waals surface area contributed by atoms with Crippen molar-refractivity contribution in [2.75, 3.05) is 0 Å². The lowest BCUT2D eigenvalue weighted by molar-refractivity contribution is -0.384. The Morgan fingerprint density at radius 1 is 1.00 bits per heavy atom. The van der Waals surface area contributed by atoms with E-state index in [1.807, 2.05) is 0 Å². The van der Waals surface area contributed by atoms with Gasteiger partial charge in [-0.3, -0.25) is 35.3 Å². The number of benzene rings is 2. The van der Waals surface area contributed by atoms with Gasteiger partial charge in [0, 0.05) is 39.8 Å². The van der Waals surface area contributed by atoms with E-state index < -0.39 is 28.3 Å². The number of hydrazone groups is 1. The molecular formula is C24H19Cl2N5O6. The lowest BCUT2D eigenvalue weighted by Gasteiger charge is -2.13. The Labute approximate surface area is 219 Å². The van der Waals surface area contributed by atoms with Crippen molar-refractivity contribution >= 4 is 52.3 Å². The summed E-state index contributed by atoms with van der Waals surface area (Å²) >= 11 is 11.7. The van der Waals surface area contributed by atoms with Gasteiger partial charge in [-0.05, 0) is 50.1 Å². The summed E-state index contributed by atoms with van der Waals surface area (Å²) in [5, 5.41) is 15.6. The third-order valence-electron chi connectivity index (χ3n) is 5.61. The first-order valence-electron chi connectivity index (χ1n) is 11.0. The minimum absolute atomic E-state index is 0.00866. The van der Waals surface area contributed by atoms with Crippen molar-refractivity contribution in [2.24, 2.45) is 5.10 Å². The van der Waals surface area contributed by atoms with Crippen LogP contribution in [0.25, 0.3) is 0 Å². The fourth-order valence-electron chi connectivity index (χ4n) is 3.85. The van der Waals surface area contributed by atoms with Gasteiger partial charge in [-0.2, -0.15) is 5.10 Å². The van der Waals surface area contributed by atoms with Gasteiger partial charge < -0.3 is 4.42 Å². The first-order valence-corrected chi connectivity index (χ1v) is 11.7. The summed E-state index contributed by atoms with van der Waals surface area (Å²) in [5.74, 6) is -1.38. The molecule has 0 saturated heterocycles. The van der Waals surface area contributed by atoms with Crippen LogP contribution >= 0.6 is 23.2 Å². The summed E-state index contributed by atoms with van der Waals surface area (Å²) < 4.78 is 5.77. The number of carbonyl (C=O) groups excluding carboxylic acids is 3. The zero-order chi connectivity index (χ0) is 26.7. The Hall–Kier alpha value is -4.22. The number of hydrazine groups is 1. The van der Waals surface area contributed by atoms with Crippen LogP contribution in [0.2, 0.25) is 10.0 Å². The van der Waals surface area contributed by atoms with Crippen LogP contribution < -0.4 is 16.3 Å². The van der Waals surface area contributed by atoms with E-state index in [2.05, 4.69) is 21.4 Å². The lowest BCUT2D eigenvalue weighted by Crippen LogP contribution is -2.41. The molecular weight excluding hydrogens is 525 g/mol. The summed E-state index contributed by atoms with van der Waals surface area (Å²) in [7, 11) is 0. The summed E-state index contributed by atoms with van der Waals surface area (Å²) in [6, 6.07) is 9.90. The molecule has 0 fully saturated rings. The van der Waals surface area contributed by atoms with Crippen LogP contribution in [0, 0.1) is 17.0 Å². The van der Waals surface area contributed by atoms with E-state index in [0.717, 1.165) is 6.07 Å². The Kier molecular flexibility index (Phi) is 7.55. The van der Waals surface area contributed by atoms with Crippen molar-refractivity contribution < 1.29 is 23.7 Å². The van der Waals surface area contributed by atoms with E-state index in [0.29, 0.717) is 46.9 Å². The van der Waals surface area contributed by atoms with Crippen molar-refractivity contribution in [3.63, 3.8) is 0 Å². The maximum Gasteiger partial charge on any atom is 0.305 e. The molecule has 37 heavy (non-hydrogen) atoms. The van der Waals surface area contributed by atoms with Crippen LogP contribution in [0.3, 0.4) is 0 Å². The molecule has 0 aliphatic heterocycles. The van der Waals surface area contributed by atoms with Crippen LogP contribution in [-0.4, -0.2) is 28.4 Å². The van der Waals surface area contributed by atoms with Gasteiger partial charge in [0.05, 0.1) is 10.6 Å². The summed E-state index contributed by atoms with van der Waals surface area (Å²) in [5.41, 5.74) is 8.47. The van der Waals surface area contributed by atoms with Gasteiger partial charge in [-0.1, -0.05) is 29.3 Å². The summed E-state index contributed by atoms with van der Waals surface area (Å²) in [4.78, 5) is 48.0. The van der Waals surface area contributed by atoms with E-state index >= 15 is 0 Å². The minimum atomic E-state index is -0.683. The largest absolute Gasteiger partial charge is 0.455 e. The van der Waals surface area contributed by atoms with E-state index in [9.17, 15) is 24.5 Å². The third kappa shape index (κ3) is 5.63. The number of rotatable bonds is 5. The normalized spacial score (nSPS) is 13.5. The Morgan fingerprint density at radius 3 is 2.46 bits per heavy atom. The van der Waals surface area contributed by atoms with Crippen LogP contribution in [0.5, 0.6) is 0 Å². The number of fused-ring (bicyclic) bond motifs is 1. The highest BCUT2D eigenvalue weighted by molar-refractivity contribution is 6.32. The third-order valence-corrected chi connectivity index (χ3v) is 6.16. The monoisotopic (exact) mass is 543 g/mol. The molecule has 1 aliphatic carbocycles. The fraction of sp³-hybridized carbons (Fsp3) is 0.167. The molecule has 11 nitrogen and oxygen atoms in total. The van der Waals surface area contributed by atoms with Crippen molar-refractivity contribution in [1.82, 2.24) is 16.3 Å². The van der Waals surface area contributed by atoms with Crippen molar-refractivity contribution in [2.45, 2.75) is 26.2 Å². The van der Waals surface area contributed by atoms with Gasteiger partial charge in [0.15, 0.2) is 5.76 Å². The number of hydrogen-bond acceptors (Lipinski definition) is 7. The quantitative estimate of drug-likeness (QED) is 0.320. The molecule has 1 aromatic heterocycles. The highest BCUT2D eigenvalue weighted by Crippen LogP contribution is 2.30. The average Bonchev–Trinajstić information content (AvgIpc) is 3.22. The number of nitrogens with one attached hydrogen (secondary N) is 3. The Morgan fingerprint density at radius 2 is 1.73 bits per heavy atom. The molecule has 1 heterocycles. The second-order valence-electron chi connectivity index (χ2n) is 8.05. The van der Waals surface area contributed by atoms with Gasteiger partial charge in [0.1, 0.15) is 10.8 Å². The molecule has 190 valence electrons. The Balaban J connectivity index is 1.49. The molecule has 0 radical (unpaired) electrons. The first kappa shape index (κ1) is 25.9. The molecule has 3 N–H and O–H groups in total. The molecule has 1 aliphatic rings. The van der Waals surface area contributed by atoms with Gasteiger partial charge >= 0.3 is 5.91 Å². The molecule has 3 amide bonds. The smallest absolute Gasteiger partial charge is 0.305 e. The number of halogens is 2. The number of nitro benzene ring substituents is 1. The van der Waals surface area contributed by atoms with Crippen molar-refractivity contribution in [3.05, 3.63) is 96.4 Å². The van der Waals surface area contributed by atoms with E-state index in [1.54, 1.807) is 25.1 Å². The zero-order valence-corrected chi connectivity index (χ0v) is 20.8. The number of amides is 3. The maximum atomic E-state index is 12.7. The van der Waals surface area contributed by atoms with E-state index in [4.69, 9.17) is 27.6 Å². The number of nitro groups is 1. The number of hydrogen-bond donors (Lipinski definition) is 3. The number of aryl methyl sites for hydroxylation is 1. The molecule has 13 heteroatoms. The topological polar surface area (TPSA) is 156 Å². The van der Waals surface area contributed by atoms with Crippen molar-refractivity contribution in [1.29, 1.82) is 0 Å². The molecule has 4 rings (SSSR count). The van der Waals surface area contributed by atoms with Gasteiger partial charge in [-0.25, -0.2) is 5.43 Å². The standard InChI is InChI=1S/C24H19Cl2N5O6/c1-12-20-17(27-28-23(33)14-8-9-16(26)18(11-14)31(35)36)6-3-7-19(20)37-21(12)24(34)30-29-22(32)13-4-2-5-15(25)10-13/h2,4-5,8-11H,3,6-7H2,1H3,(H,28,33)(H,29,32)(H,30,34)/b27-17+. The van der Waals surface area contributed by atoms with Gasteiger partial charge in [-0.15, -0.1) is 0 Å². The zero-order valence-electron chi connectivity index (χ0n) is 19.3. The summed E-state index contributed by atoms with van der Waals surface area (Å²) in [6.07, 6.45) is 1.71. The van der Waals surface area contributed by atoms with E-state index in [1.165, 1.54) is 18.2 Å². The lowest BCUT2D eigenvalue weighted by atomic mass is 9.93. The number of carbonyl (C=O) groups is 3. The Bertz CT molecular complexity index is 1470. The van der Waals surface area contributed by atoms with E-state index in [-0.39, 0.29) is 21.9 Å². The highest BCUT2D eigenvalue weighted by atomic mass is 35.5. The minimum Gasteiger partial charge on any atom is -0.455 e. The van der Waals surface area contributed by atoms with Crippen LogP contribution in [0.15, 0.2) is 52.0 Å². The predicted octanol–water partition coefficient (Wildman–Crippen LogP) is 4.35. The van der Waals surface area contributed by atoms with Gasteiger partial charge in [0.2, 0.25) is 0 Å². The second-order valence-corrected chi connectivity index (χ2v) is 8.89. The maximum absolute atomic E-state index is 12.7. The van der Waals surface area contributed by atoms with Crippen molar-refractivity contribution in [3.8, 4) is 0 Å². The molecule has 0 saturated carbocycles. The second kappa shape index (κ2) is 10.8. The molecule has 0 atom stereocenters. The summed E-state index contributed by atoms with van der Waals surface area (Å²) in [6.45, 7) is 1.67. The molecule has 3 aromatic rings.